The molecule has 1 amide bonds. The highest BCUT2D eigenvalue weighted by Crippen LogP contribution is 2.39. The van der Waals surface area contributed by atoms with Gasteiger partial charge in [-0.15, -0.1) is 11.6 Å². The maximum atomic E-state index is 14.3. The maximum Gasteiger partial charge on any atom is 0.329 e. The van der Waals surface area contributed by atoms with Gasteiger partial charge in [0, 0.05) is 52.0 Å². The van der Waals surface area contributed by atoms with E-state index in [0.717, 1.165) is 18.4 Å². The largest absolute Gasteiger partial charge is 0.456 e. The number of cyclic esters (lactones) is 1. The highest BCUT2D eigenvalue weighted by Gasteiger charge is 2.56. The lowest BCUT2D eigenvalue weighted by Crippen LogP contribution is -2.64. The van der Waals surface area contributed by atoms with Gasteiger partial charge in [0.15, 0.2) is 0 Å². The van der Waals surface area contributed by atoms with Crippen LogP contribution in [0.4, 0.5) is 0 Å². The molecule has 1 aliphatic carbocycles. The molecule has 4 aliphatic rings. The minimum atomic E-state index is -2.49. The van der Waals surface area contributed by atoms with Crippen LogP contribution in [0.2, 0.25) is 0 Å². The molecule has 0 radical (unpaired) electrons. The first-order valence-electron chi connectivity index (χ1n) is 23.1. The quantitative estimate of drug-likeness (QED) is 0.125. The van der Waals surface area contributed by atoms with E-state index in [4.69, 9.17) is 35.3 Å². The fourth-order valence-corrected chi connectivity index (χ4v) is 10.2. The van der Waals surface area contributed by atoms with Gasteiger partial charge < -0.3 is 38.8 Å². The molecule has 5 rings (SSSR count). The third-order valence-corrected chi connectivity index (χ3v) is 14.3. The number of rotatable bonds is 6. The molecule has 3 aliphatic heterocycles. The summed E-state index contributed by atoms with van der Waals surface area (Å²) in [6, 6.07) is 9.15. The third-order valence-electron chi connectivity index (χ3n) is 13.8. The Morgan fingerprint density at radius 1 is 0.905 bits per heavy atom. The average Bonchev–Trinajstić information content (AvgIpc) is 3.27. The van der Waals surface area contributed by atoms with E-state index in [2.05, 4.69) is 26.0 Å². The number of hydrogen-bond acceptors (Lipinski definition) is 11. The number of esters is 1. The summed E-state index contributed by atoms with van der Waals surface area (Å²) in [5, 5.41) is 23.6. The number of Topliss-reactive ketones (excluding diaryl/α,β-unsaturated/α-hetero) is 2. The molecule has 2 saturated heterocycles. The highest BCUT2D eigenvalue weighted by atomic mass is 35.5. The van der Waals surface area contributed by atoms with Gasteiger partial charge in [-0.25, -0.2) is 4.79 Å². The molecule has 13 heteroatoms. The van der Waals surface area contributed by atoms with Crippen LogP contribution in [0.15, 0.2) is 53.6 Å². The zero-order valence-electron chi connectivity index (χ0n) is 39.4. The van der Waals surface area contributed by atoms with Crippen LogP contribution in [0.5, 0.6) is 0 Å². The Balaban J connectivity index is 0.00000113. The van der Waals surface area contributed by atoms with Crippen LogP contribution in [0, 0.1) is 36.5 Å². The normalized spacial score (nSPS) is 37.9. The Kier molecular flexibility index (Phi) is 20.5. The molecule has 1 saturated carbocycles. The maximum absolute atomic E-state index is 14.3. The summed E-state index contributed by atoms with van der Waals surface area (Å²) in [5.74, 6) is -7.31. The molecule has 1 aromatic rings. The van der Waals surface area contributed by atoms with Crippen molar-refractivity contribution in [1.29, 1.82) is 0 Å². The van der Waals surface area contributed by atoms with Gasteiger partial charge in [0.05, 0.1) is 29.8 Å². The molecular weight excluding hydrogens is 826 g/mol. The number of fused-ring (bicyclic) bond motifs is 3. The van der Waals surface area contributed by atoms with Crippen LogP contribution in [0.3, 0.4) is 0 Å². The molecule has 14 atom stereocenters. The molecule has 1 aromatic carbocycles. The lowest BCUT2D eigenvalue weighted by molar-refractivity contribution is -0.302. The number of aliphatic hydroxyl groups is 2. The van der Waals surface area contributed by atoms with Gasteiger partial charge in [-0.05, 0) is 102 Å². The Labute approximate surface area is 381 Å². The molecule has 2 N–H and O–H groups in total. The molecule has 354 valence electrons. The van der Waals surface area contributed by atoms with Crippen LogP contribution in [0.1, 0.15) is 118 Å². The van der Waals surface area contributed by atoms with Crippen LogP contribution < -0.4 is 0 Å². The molecule has 2 bridgehead atoms. The number of piperidine rings is 1. The van der Waals surface area contributed by atoms with Crippen molar-refractivity contribution in [1.82, 2.24) is 4.90 Å². The van der Waals surface area contributed by atoms with Crippen LogP contribution >= 0.6 is 11.6 Å². The van der Waals surface area contributed by atoms with Crippen molar-refractivity contribution >= 4 is 35.0 Å². The second-order valence-corrected chi connectivity index (χ2v) is 19.3. The van der Waals surface area contributed by atoms with E-state index < -0.39 is 77.8 Å². The number of carbonyl (C=O) groups excluding carboxylic acids is 4. The predicted octanol–water partition coefficient (Wildman–Crippen LogP) is 7.71. The Bertz CT molecular complexity index is 1720. The molecule has 0 unspecified atom stereocenters. The number of hydrogen-bond donors (Lipinski definition) is 2. The van der Waals surface area contributed by atoms with Crippen molar-refractivity contribution in [2.75, 3.05) is 27.9 Å². The molecule has 12 nitrogen and oxygen atoms in total. The molecule has 0 aromatic heterocycles. The number of aryl methyl sites for hydroxylation is 1. The minimum Gasteiger partial charge on any atom is -0.456 e. The van der Waals surface area contributed by atoms with Gasteiger partial charge in [-0.2, -0.15) is 0 Å². The monoisotopic (exact) mass is 902 g/mol. The average molecular weight is 903 g/mol. The van der Waals surface area contributed by atoms with E-state index in [1.54, 1.807) is 21.0 Å². The van der Waals surface area contributed by atoms with Gasteiger partial charge >= 0.3 is 5.97 Å². The van der Waals surface area contributed by atoms with Crippen molar-refractivity contribution in [2.24, 2.45) is 29.6 Å². The molecule has 3 heterocycles. The molecule has 63 heavy (non-hydrogen) atoms. The number of methoxy groups -OCH3 is 3. The number of alkyl halides is 1. The number of aliphatic hydroxyl groups excluding tert-OH is 1. The number of ketones is 2. The first kappa shape index (κ1) is 52.7. The lowest BCUT2D eigenvalue weighted by atomic mass is 9.82. The van der Waals surface area contributed by atoms with Crippen LogP contribution in [0.25, 0.3) is 0 Å². The Hall–Kier alpha value is -2.97. The number of amides is 1. The van der Waals surface area contributed by atoms with Gasteiger partial charge in [-0.1, -0.05) is 81.3 Å². The minimum absolute atomic E-state index is 0.0425. The van der Waals surface area contributed by atoms with E-state index in [1.807, 2.05) is 51.1 Å². The van der Waals surface area contributed by atoms with Crippen molar-refractivity contribution in [3.05, 3.63) is 59.2 Å². The summed E-state index contributed by atoms with van der Waals surface area (Å²) in [5.41, 5.74) is 3.03. The van der Waals surface area contributed by atoms with Crippen molar-refractivity contribution in [3.8, 4) is 0 Å². The molecule has 3 fully saturated rings. The van der Waals surface area contributed by atoms with Gasteiger partial charge in [-0.3, -0.25) is 14.4 Å². The molecule has 0 spiro atoms. The van der Waals surface area contributed by atoms with Crippen molar-refractivity contribution < 1.29 is 53.1 Å². The van der Waals surface area contributed by atoms with E-state index in [0.29, 0.717) is 44.1 Å². The topological polar surface area (TPSA) is 158 Å². The SMILES string of the molecule is CC[C@@H]1/C=C(\C)C[C@H](C)C[C@H](OC)[C@H]2O[C@@](O)(C(=O)C(=O)N3CCCC[C@H]3C(=O)O[C@H](/C(C)=C/[C@@H]3CC[C@@H](Cl)[C@H](OC)C3)[C@H](C)[C@@H](O)CC1=O)[C@H](C)C[C@@H]2OC.Cc1ccccc1. The zero-order valence-corrected chi connectivity index (χ0v) is 40.2. The molecular formula is C50H76ClNO11. The summed E-state index contributed by atoms with van der Waals surface area (Å²) in [7, 11) is 4.71. The highest BCUT2D eigenvalue weighted by molar-refractivity contribution is 6.39. The first-order chi connectivity index (χ1) is 29.9. The second kappa shape index (κ2) is 24.5. The number of allylic oxidation sites excluding steroid dienone is 3. The first-order valence-corrected chi connectivity index (χ1v) is 23.6. The summed E-state index contributed by atoms with van der Waals surface area (Å²) >= 11 is 6.52. The van der Waals surface area contributed by atoms with E-state index in [9.17, 15) is 29.4 Å². The summed E-state index contributed by atoms with van der Waals surface area (Å²) in [4.78, 5) is 57.7. The van der Waals surface area contributed by atoms with Crippen LogP contribution in [-0.4, -0.2) is 120 Å². The fourth-order valence-electron chi connectivity index (χ4n) is 9.90. The number of nitrogens with zero attached hydrogens (tertiary/aromatic N) is 1. The summed E-state index contributed by atoms with van der Waals surface area (Å²) < 4.78 is 29.9. The van der Waals surface area contributed by atoms with Crippen molar-refractivity contribution in [3.63, 3.8) is 0 Å². The predicted molar refractivity (Wildman–Crippen MR) is 243 cm³/mol. The van der Waals surface area contributed by atoms with Crippen LogP contribution in [-0.2, 0) is 42.9 Å². The van der Waals surface area contributed by atoms with Crippen molar-refractivity contribution in [2.45, 2.75) is 173 Å². The second-order valence-electron chi connectivity index (χ2n) is 18.8. The van der Waals surface area contributed by atoms with E-state index >= 15 is 0 Å². The number of halogens is 1. The Morgan fingerprint density at radius 2 is 1.56 bits per heavy atom. The number of ether oxygens (including phenoxy) is 5. The summed E-state index contributed by atoms with van der Waals surface area (Å²) in [6.07, 6.45) is 5.16. The number of benzene rings is 1. The van der Waals surface area contributed by atoms with Gasteiger partial charge in [0.2, 0.25) is 5.79 Å². The summed E-state index contributed by atoms with van der Waals surface area (Å²) in [6.45, 7) is 13.4. The zero-order chi connectivity index (χ0) is 46.6. The third kappa shape index (κ3) is 13.8. The fraction of sp³-hybridized carbons (Fsp3) is 0.720. The standard InChI is InChI=1S/C43H68ClNO11.C7H8/c1-10-30-18-24(2)17-25(3)19-36(53-8)39-37(54-9)21-27(5)43(51,56-39)40(48)41(49)45-16-12-11-13-32(45)42(50)55-38(28(6)33(46)23-34(30)47)26(4)20-29-14-15-31(44)35(22-29)52-7;1-7-5-3-2-4-6-7/h18,20,25,27-33,35-39,46,51H,10-17,19,21-23H2,1-9H3;2-6H,1H3/b24-18+,26-20+;/t25-,27+,28+,29-,30+,31+,32-,33-,35+,36-,37-,38+,39+,43+;/m0./s1. The number of carbonyl (C=O) groups is 4. The van der Waals surface area contributed by atoms with Gasteiger partial charge in [0.25, 0.3) is 11.7 Å². The Morgan fingerprint density at radius 3 is 2.16 bits per heavy atom. The van der Waals surface area contributed by atoms with Gasteiger partial charge in [0.1, 0.15) is 24.0 Å². The van der Waals surface area contributed by atoms with E-state index in [1.165, 1.54) is 24.7 Å². The van der Waals surface area contributed by atoms with E-state index in [-0.39, 0.29) is 54.9 Å². The smallest absolute Gasteiger partial charge is 0.329 e. The lowest BCUT2D eigenvalue weighted by Gasteiger charge is -2.47.